The molecule has 0 bridgehead atoms. The summed E-state index contributed by atoms with van der Waals surface area (Å²) < 4.78 is 81.2. The number of nitrogens with zero attached hydrogens (tertiary/aromatic N) is 1. The first-order chi connectivity index (χ1) is 10.6. The van der Waals surface area contributed by atoms with E-state index in [0.717, 1.165) is 0 Å². The molecule has 1 N–H and O–H groups in total. The molecule has 126 valence electrons. The second-order valence-corrected chi connectivity index (χ2v) is 4.95. The van der Waals surface area contributed by atoms with E-state index in [0.29, 0.717) is 23.6 Å². The van der Waals surface area contributed by atoms with Crippen molar-refractivity contribution in [3.05, 3.63) is 52.4 Å². The number of aromatic nitrogens is 1. The second-order valence-electron chi connectivity index (χ2n) is 4.95. The summed E-state index contributed by atoms with van der Waals surface area (Å²) in [7, 11) is 0. The molecule has 2 rings (SSSR count). The Kier molecular flexibility index (Phi) is 4.69. The summed E-state index contributed by atoms with van der Waals surface area (Å²) in [4.78, 5) is 0. The SMILES string of the molecule is Cc1cc(CNCc2cc(C(F)(F)F)cc(C(F)(F)F)c2)on1. The first kappa shape index (κ1) is 17.3. The number of rotatable bonds is 4. The number of halogens is 6. The van der Waals surface area contributed by atoms with Crippen LogP contribution in [-0.4, -0.2) is 5.16 Å². The molecule has 0 aliphatic rings. The van der Waals surface area contributed by atoms with E-state index >= 15 is 0 Å². The molecule has 0 atom stereocenters. The lowest BCUT2D eigenvalue weighted by molar-refractivity contribution is -0.143. The normalized spacial score (nSPS) is 12.7. The van der Waals surface area contributed by atoms with E-state index in [1.54, 1.807) is 13.0 Å². The van der Waals surface area contributed by atoms with Crippen molar-refractivity contribution in [2.24, 2.45) is 0 Å². The first-order valence-electron chi connectivity index (χ1n) is 6.47. The highest BCUT2D eigenvalue weighted by Gasteiger charge is 2.36. The van der Waals surface area contributed by atoms with E-state index in [1.807, 2.05) is 0 Å². The van der Waals surface area contributed by atoms with Crippen LogP contribution in [0.4, 0.5) is 26.3 Å². The van der Waals surface area contributed by atoms with E-state index in [2.05, 4.69) is 10.5 Å². The number of hydrogen-bond donors (Lipinski definition) is 1. The van der Waals surface area contributed by atoms with Gasteiger partial charge in [-0.25, -0.2) is 0 Å². The summed E-state index contributed by atoms with van der Waals surface area (Å²) in [5.74, 6) is 0.436. The molecule has 2 aromatic rings. The fourth-order valence-electron chi connectivity index (χ4n) is 1.95. The van der Waals surface area contributed by atoms with Crippen LogP contribution in [0.2, 0.25) is 0 Å². The number of alkyl halides is 6. The monoisotopic (exact) mass is 338 g/mol. The van der Waals surface area contributed by atoms with Gasteiger partial charge in [-0.3, -0.25) is 0 Å². The minimum Gasteiger partial charge on any atom is -0.360 e. The molecule has 1 aromatic heterocycles. The predicted molar refractivity (Wildman–Crippen MR) is 68.2 cm³/mol. The van der Waals surface area contributed by atoms with Crippen molar-refractivity contribution in [3.63, 3.8) is 0 Å². The molecule has 0 aliphatic heterocycles. The third-order valence-electron chi connectivity index (χ3n) is 2.95. The molecule has 0 amide bonds. The molecular formula is C14H12F6N2O. The van der Waals surface area contributed by atoms with Crippen LogP contribution in [0.15, 0.2) is 28.8 Å². The largest absolute Gasteiger partial charge is 0.416 e. The molecule has 0 spiro atoms. The van der Waals surface area contributed by atoms with Gasteiger partial charge >= 0.3 is 12.4 Å². The smallest absolute Gasteiger partial charge is 0.360 e. The fourth-order valence-corrected chi connectivity index (χ4v) is 1.95. The lowest BCUT2D eigenvalue weighted by atomic mass is 10.0. The maximum Gasteiger partial charge on any atom is 0.416 e. The van der Waals surface area contributed by atoms with E-state index in [4.69, 9.17) is 4.52 Å². The van der Waals surface area contributed by atoms with Gasteiger partial charge in [0.1, 0.15) is 0 Å². The lowest BCUT2D eigenvalue weighted by Gasteiger charge is -2.14. The van der Waals surface area contributed by atoms with Crippen molar-refractivity contribution in [3.8, 4) is 0 Å². The van der Waals surface area contributed by atoms with Crippen LogP contribution >= 0.6 is 0 Å². The Morgan fingerprint density at radius 2 is 1.48 bits per heavy atom. The van der Waals surface area contributed by atoms with Crippen LogP contribution in [0.1, 0.15) is 28.1 Å². The number of benzene rings is 1. The molecule has 0 aliphatic carbocycles. The van der Waals surface area contributed by atoms with Gasteiger partial charge in [0.2, 0.25) is 0 Å². The molecule has 0 fully saturated rings. The van der Waals surface area contributed by atoms with Crippen LogP contribution in [0.25, 0.3) is 0 Å². The zero-order valence-corrected chi connectivity index (χ0v) is 11.8. The van der Waals surface area contributed by atoms with Gasteiger partial charge in [0.05, 0.1) is 23.4 Å². The zero-order chi connectivity index (χ0) is 17.3. The Bertz CT molecular complexity index is 642. The highest BCUT2D eigenvalue weighted by molar-refractivity contribution is 5.33. The summed E-state index contributed by atoms with van der Waals surface area (Å²) in [5.41, 5.74) is -2.16. The molecule has 1 heterocycles. The van der Waals surface area contributed by atoms with Crippen molar-refractivity contribution in [2.75, 3.05) is 0 Å². The summed E-state index contributed by atoms with van der Waals surface area (Å²) in [6, 6.07) is 3.09. The average Bonchev–Trinajstić information content (AvgIpc) is 2.82. The molecule has 0 unspecified atom stereocenters. The van der Waals surface area contributed by atoms with Crippen molar-refractivity contribution >= 4 is 0 Å². The number of hydrogen-bond acceptors (Lipinski definition) is 3. The minimum absolute atomic E-state index is 0.101. The van der Waals surface area contributed by atoms with Crippen molar-refractivity contribution in [2.45, 2.75) is 32.4 Å². The maximum absolute atomic E-state index is 12.7. The van der Waals surface area contributed by atoms with Crippen LogP contribution in [0.5, 0.6) is 0 Å². The lowest BCUT2D eigenvalue weighted by Crippen LogP contribution is -2.16. The van der Waals surface area contributed by atoms with E-state index in [1.165, 1.54) is 0 Å². The summed E-state index contributed by atoms with van der Waals surface area (Å²) in [5, 5.41) is 6.34. The van der Waals surface area contributed by atoms with Gasteiger partial charge in [-0.15, -0.1) is 0 Å². The van der Waals surface area contributed by atoms with Gasteiger partial charge in [0.25, 0.3) is 0 Å². The Morgan fingerprint density at radius 1 is 0.913 bits per heavy atom. The maximum atomic E-state index is 12.7. The minimum atomic E-state index is -4.85. The second kappa shape index (κ2) is 6.23. The van der Waals surface area contributed by atoms with Gasteiger partial charge in [-0.1, -0.05) is 5.16 Å². The molecule has 1 aromatic carbocycles. The van der Waals surface area contributed by atoms with Crippen LogP contribution in [-0.2, 0) is 25.4 Å². The number of nitrogens with one attached hydrogen (secondary N) is 1. The zero-order valence-electron chi connectivity index (χ0n) is 11.8. The predicted octanol–water partition coefficient (Wildman–Crippen LogP) is 4.31. The van der Waals surface area contributed by atoms with Crippen molar-refractivity contribution in [1.82, 2.24) is 10.5 Å². The molecule has 0 saturated heterocycles. The van der Waals surface area contributed by atoms with Crippen molar-refractivity contribution < 1.29 is 30.9 Å². The average molecular weight is 338 g/mol. The van der Waals surface area contributed by atoms with Gasteiger partial charge in [0, 0.05) is 12.6 Å². The molecule has 3 nitrogen and oxygen atoms in total. The molecular weight excluding hydrogens is 326 g/mol. The van der Waals surface area contributed by atoms with Crippen LogP contribution < -0.4 is 5.32 Å². The molecule has 0 radical (unpaired) electrons. The van der Waals surface area contributed by atoms with E-state index in [9.17, 15) is 26.3 Å². The molecule has 0 saturated carbocycles. The Morgan fingerprint density at radius 3 is 1.91 bits per heavy atom. The highest BCUT2D eigenvalue weighted by Crippen LogP contribution is 2.36. The summed E-state index contributed by atoms with van der Waals surface area (Å²) in [6.45, 7) is 1.65. The topological polar surface area (TPSA) is 38.1 Å². The standard InChI is InChI=1S/C14H12F6N2O/c1-8-2-12(23-22-8)7-21-6-9-3-10(13(15,16)17)5-11(4-9)14(18,19)20/h2-5,21H,6-7H2,1H3. The Hall–Kier alpha value is -2.03. The molecule has 23 heavy (non-hydrogen) atoms. The van der Waals surface area contributed by atoms with Gasteiger partial charge in [0.15, 0.2) is 5.76 Å². The van der Waals surface area contributed by atoms with Crippen molar-refractivity contribution in [1.29, 1.82) is 0 Å². The van der Waals surface area contributed by atoms with Gasteiger partial charge < -0.3 is 9.84 Å². The van der Waals surface area contributed by atoms with Crippen LogP contribution in [0, 0.1) is 6.92 Å². The Balaban J connectivity index is 2.16. The highest BCUT2D eigenvalue weighted by atomic mass is 19.4. The van der Waals surface area contributed by atoms with Crippen LogP contribution in [0.3, 0.4) is 0 Å². The summed E-state index contributed by atoms with van der Waals surface area (Å²) in [6.07, 6.45) is -9.70. The van der Waals surface area contributed by atoms with E-state index in [-0.39, 0.29) is 24.7 Å². The first-order valence-corrected chi connectivity index (χ1v) is 6.47. The third kappa shape index (κ3) is 4.72. The third-order valence-corrected chi connectivity index (χ3v) is 2.95. The fraction of sp³-hybridized carbons (Fsp3) is 0.357. The van der Waals surface area contributed by atoms with Gasteiger partial charge in [-0.05, 0) is 30.7 Å². The number of aryl methyl sites for hydroxylation is 1. The van der Waals surface area contributed by atoms with E-state index < -0.39 is 23.5 Å². The summed E-state index contributed by atoms with van der Waals surface area (Å²) >= 11 is 0. The quantitative estimate of drug-likeness (QED) is 0.844. The Labute approximate surface area is 127 Å². The van der Waals surface area contributed by atoms with Gasteiger partial charge in [-0.2, -0.15) is 26.3 Å². The molecule has 9 heteroatoms.